The van der Waals surface area contributed by atoms with Crippen molar-refractivity contribution in [2.75, 3.05) is 25.9 Å². The van der Waals surface area contributed by atoms with E-state index >= 15 is 0 Å². The van der Waals surface area contributed by atoms with Crippen molar-refractivity contribution in [1.29, 1.82) is 0 Å². The summed E-state index contributed by atoms with van der Waals surface area (Å²) in [5.41, 5.74) is 0.615. The Bertz CT molecular complexity index is 607. The van der Waals surface area contributed by atoms with Gasteiger partial charge >= 0.3 is 0 Å². The summed E-state index contributed by atoms with van der Waals surface area (Å²) in [6.07, 6.45) is 5.03. The Kier molecular flexibility index (Phi) is 3.51. The highest BCUT2D eigenvalue weighted by Gasteiger charge is 2.46. The second-order valence-corrected chi connectivity index (χ2v) is 7.59. The van der Waals surface area contributed by atoms with Gasteiger partial charge in [0.25, 0.3) is 0 Å². The van der Waals surface area contributed by atoms with Gasteiger partial charge in [0, 0.05) is 37.4 Å². The molecule has 0 amide bonds. The lowest BCUT2D eigenvalue weighted by Gasteiger charge is -2.52. The number of aromatic nitrogens is 1. The average molecular weight is 299 g/mol. The molecule has 0 spiro atoms. The van der Waals surface area contributed by atoms with E-state index < -0.39 is 10.0 Å². The second kappa shape index (κ2) is 5.05. The van der Waals surface area contributed by atoms with Crippen LogP contribution in [-0.4, -0.2) is 54.5 Å². The maximum absolute atomic E-state index is 13.6. The van der Waals surface area contributed by atoms with Crippen LogP contribution >= 0.6 is 0 Å². The van der Waals surface area contributed by atoms with Gasteiger partial charge in [0.05, 0.1) is 12.5 Å². The molecule has 110 valence electrons. The van der Waals surface area contributed by atoms with Gasteiger partial charge in [0.1, 0.15) is 5.82 Å². The molecular weight excluding hydrogens is 281 g/mol. The predicted molar refractivity (Wildman–Crippen MR) is 72.9 cm³/mol. The van der Waals surface area contributed by atoms with Crippen molar-refractivity contribution in [3.63, 3.8) is 0 Å². The maximum atomic E-state index is 13.6. The van der Waals surface area contributed by atoms with E-state index in [9.17, 15) is 12.8 Å². The fourth-order valence-corrected chi connectivity index (χ4v) is 4.30. The molecule has 3 rings (SSSR count). The lowest BCUT2D eigenvalue weighted by atomic mass is 9.85. The van der Waals surface area contributed by atoms with Gasteiger partial charge in [-0.25, -0.2) is 12.8 Å². The van der Waals surface area contributed by atoms with Crippen LogP contribution in [-0.2, 0) is 16.6 Å². The van der Waals surface area contributed by atoms with Crippen LogP contribution in [0.15, 0.2) is 18.5 Å². The number of hydrogen-bond acceptors (Lipinski definition) is 4. The van der Waals surface area contributed by atoms with Crippen LogP contribution in [0.25, 0.3) is 0 Å². The van der Waals surface area contributed by atoms with Crippen LogP contribution in [0.1, 0.15) is 12.0 Å². The molecule has 1 aromatic heterocycles. The number of rotatable bonds is 3. The number of sulfonamides is 1. The quantitative estimate of drug-likeness (QED) is 0.824. The molecule has 0 aromatic carbocycles. The number of halogens is 1. The zero-order valence-electron chi connectivity index (χ0n) is 11.4. The van der Waals surface area contributed by atoms with Crippen LogP contribution in [0.4, 0.5) is 4.39 Å². The van der Waals surface area contributed by atoms with Crippen molar-refractivity contribution >= 4 is 10.0 Å². The lowest BCUT2D eigenvalue weighted by molar-refractivity contribution is 0.0107. The topological polar surface area (TPSA) is 53.5 Å². The smallest absolute Gasteiger partial charge is 0.211 e. The van der Waals surface area contributed by atoms with Crippen LogP contribution < -0.4 is 0 Å². The molecule has 0 saturated carbocycles. The zero-order chi connectivity index (χ0) is 14.3. The Morgan fingerprint density at radius 3 is 2.95 bits per heavy atom. The molecule has 2 fully saturated rings. The summed E-state index contributed by atoms with van der Waals surface area (Å²) in [5, 5.41) is 0. The summed E-state index contributed by atoms with van der Waals surface area (Å²) in [6.45, 7) is 2.72. The Hall–Kier alpha value is -1.05. The van der Waals surface area contributed by atoms with Crippen molar-refractivity contribution in [1.82, 2.24) is 14.2 Å². The molecule has 2 aliphatic heterocycles. The van der Waals surface area contributed by atoms with E-state index in [1.165, 1.54) is 12.5 Å². The van der Waals surface area contributed by atoms with Gasteiger partial charge < -0.3 is 0 Å². The first kappa shape index (κ1) is 13.9. The van der Waals surface area contributed by atoms with E-state index in [2.05, 4.69) is 9.88 Å². The largest absolute Gasteiger partial charge is 0.297 e. The molecule has 7 heteroatoms. The molecule has 0 aliphatic carbocycles. The summed E-state index contributed by atoms with van der Waals surface area (Å²) < 4.78 is 38.4. The zero-order valence-corrected chi connectivity index (χ0v) is 12.2. The normalized spacial score (nSPS) is 27.9. The van der Waals surface area contributed by atoms with Gasteiger partial charge in [-0.3, -0.25) is 9.88 Å². The number of nitrogens with zero attached hydrogens (tertiary/aromatic N) is 3. The first-order valence-electron chi connectivity index (χ1n) is 6.72. The highest BCUT2D eigenvalue weighted by Crippen LogP contribution is 2.34. The van der Waals surface area contributed by atoms with Gasteiger partial charge in [-0.2, -0.15) is 4.31 Å². The molecule has 2 atom stereocenters. The van der Waals surface area contributed by atoms with E-state index in [1.54, 1.807) is 16.6 Å². The van der Waals surface area contributed by atoms with E-state index in [0.29, 0.717) is 31.1 Å². The molecule has 20 heavy (non-hydrogen) atoms. The number of piperidine rings is 1. The summed E-state index contributed by atoms with van der Waals surface area (Å²) in [7, 11) is -3.12. The van der Waals surface area contributed by atoms with Crippen LogP contribution in [0, 0.1) is 11.7 Å². The minimum absolute atomic E-state index is 0.0589. The van der Waals surface area contributed by atoms with Gasteiger partial charge in [-0.1, -0.05) is 0 Å². The molecule has 1 aromatic rings. The molecular formula is C13H18FN3O2S. The number of hydrogen-bond donors (Lipinski definition) is 0. The van der Waals surface area contributed by atoms with E-state index in [1.807, 2.05) is 0 Å². The van der Waals surface area contributed by atoms with Crippen molar-refractivity contribution < 1.29 is 12.8 Å². The number of fused-ring (bicyclic) bond motifs is 1. The van der Waals surface area contributed by atoms with Gasteiger partial charge in [0.15, 0.2) is 0 Å². The van der Waals surface area contributed by atoms with E-state index in [0.717, 1.165) is 13.0 Å². The Labute approximate surface area is 118 Å². The number of pyridine rings is 1. The average Bonchev–Trinajstić information content (AvgIpc) is 2.34. The number of likely N-dealkylation sites (tertiary alicyclic amines) is 1. The molecule has 0 bridgehead atoms. The fraction of sp³-hybridized carbons (Fsp3) is 0.615. The SMILES string of the molecule is CS(=O)(=O)N1C[C@H]2CCN(Cc3ccncc3F)C[C@H]21. The van der Waals surface area contributed by atoms with Crippen molar-refractivity contribution in [2.24, 2.45) is 5.92 Å². The van der Waals surface area contributed by atoms with E-state index in [-0.39, 0.29) is 11.9 Å². The highest BCUT2D eigenvalue weighted by atomic mass is 32.2. The standard InChI is InChI=1S/C13H18FN3O2S/c1-20(18,19)17-8-11-3-5-16(9-13(11)17)7-10-2-4-15-6-12(10)14/h2,4,6,11,13H,3,5,7-9H2,1H3/t11-,13-/m1/s1. The Morgan fingerprint density at radius 1 is 1.45 bits per heavy atom. The monoisotopic (exact) mass is 299 g/mol. The van der Waals surface area contributed by atoms with Crippen LogP contribution in [0.3, 0.4) is 0 Å². The summed E-state index contributed by atoms with van der Waals surface area (Å²) in [6, 6.07) is 1.74. The van der Waals surface area contributed by atoms with Gasteiger partial charge in [-0.05, 0) is 24.9 Å². The summed E-state index contributed by atoms with van der Waals surface area (Å²) in [4.78, 5) is 5.86. The van der Waals surface area contributed by atoms with Crippen LogP contribution in [0.5, 0.6) is 0 Å². The maximum Gasteiger partial charge on any atom is 0.211 e. The predicted octanol–water partition coefficient (Wildman–Crippen LogP) is 0.686. The second-order valence-electron chi connectivity index (χ2n) is 5.65. The molecule has 2 aliphatic rings. The molecule has 2 saturated heterocycles. The third-order valence-corrected chi connectivity index (χ3v) is 5.54. The minimum atomic E-state index is -3.12. The molecule has 0 N–H and O–H groups in total. The van der Waals surface area contributed by atoms with Gasteiger partial charge in [0.2, 0.25) is 10.0 Å². The summed E-state index contributed by atoms with van der Waals surface area (Å²) in [5.74, 6) is 0.159. The van der Waals surface area contributed by atoms with E-state index in [4.69, 9.17) is 0 Å². The first-order valence-corrected chi connectivity index (χ1v) is 8.57. The van der Waals surface area contributed by atoms with Crippen molar-refractivity contribution in [3.05, 3.63) is 29.8 Å². The third-order valence-electron chi connectivity index (χ3n) is 4.27. The van der Waals surface area contributed by atoms with Crippen molar-refractivity contribution in [2.45, 2.75) is 19.0 Å². The third kappa shape index (κ3) is 2.57. The van der Waals surface area contributed by atoms with Gasteiger partial charge in [-0.15, -0.1) is 0 Å². The minimum Gasteiger partial charge on any atom is -0.297 e. The van der Waals surface area contributed by atoms with Crippen LogP contribution in [0.2, 0.25) is 0 Å². The molecule has 0 unspecified atom stereocenters. The Morgan fingerprint density at radius 2 is 2.25 bits per heavy atom. The Balaban J connectivity index is 1.67. The fourth-order valence-electron chi connectivity index (χ4n) is 3.11. The molecule has 5 nitrogen and oxygen atoms in total. The molecule has 3 heterocycles. The summed E-state index contributed by atoms with van der Waals surface area (Å²) >= 11 is 0. The van der Waals surface area contributed by atoms with Crippen molar-refractivity contribution in [3.8, 4) is 0 Å². The first-order chi connectivity index (χ1) is 9.45. The lowest BCUT2D eigenvalue weighted by Crippen LogP contribution is -2.65. The highest BCUT2D eigenvalue weighted by molar-refractivity contribution is 7.88. The molecule has 0 radical (unpaired) electrons.